The topological polar surface area (TPSA) is 52.6 Å². The molecule has 4 heteroatoms. The van der Waals surface area contributed by atoms with Crippen LogP contribution in [0.1, 0.15) is 33.1 Å². The summed E-state index contributed by atoms with van der Waals surface area (Å²) in [5.41, 5.74) is 0. The fraction of sp³-hybridized carbons (Fsp3) is 0.600. The molecule has 0 radical (unpaired) electrons. The average molecular weight is 198 g/mol. The SMILES string of the molecule is CC(=O)OC1=CCC(OC(C)=O)CC1. The molecular weight excluding hydrogens is 184 g/mol. The van der Waals surface area contributed by atoms with Crippen molar-refractivity contribution in [2.24, 2.45) is 0 Å². The summed E-state index contributed by atoms with van der Waals surface area (Å²) in [5.74, 6) is 0.113. The van der Waals surface area contributed by atoms with Crippen LogP contribution in [0.25, 0.3) is 0 Å². The Bertz CT molecular complexity index is 267. The normalized spacial score (nSPS) is 21.0. The van der Waals surface area contributed by atoms with Gasteiger partial charge < -0.3 is 9.47 Å². The van der Waals surface area contributed by atoms with Gasteiger partial charge in [0.15, 0.2) is 0 Å². The summed E-state index contributed by atoms with van der Waals surface area (Å²) in [5, 5.41) is 0. The van der Waals surface area contributed by atoms with Crippen LogP contribution in [0.3, 0.4) is 0 Å². The maximum Gasteiger partial charge on any atom is 0.307 e. The summed E-state index contributed by atoms with van der Waals surface area (Å²) in [4.78, 5) is 21.3. The summed E-state index contributed by atoms with van der Waals surface area (Å²) in [6, 6.07) is 0. The third-order valence-electron chi connectivity index (χ3n) is 1.93. The third-order valence-corrected chi connectivity index (χ3v) is 1.93. The number of rotatable bonds is 2. The zero-order valence-electron chi connectivity index (χ0n) is 8.41. The molecule has 1 aliphatic carbocycles. The summed E-state index contributed by atoms with van der Waals surface area (Å²) in [6.07, 6.45) is 3.74. The Morgan fingerprint density at radius 3 is 2.50 bits per heavy atom. The van der Waals surface area contributed by atoms with Crippen molar-refractivity contribution < 1.29 is 19.1 Å². The minimum atomic E-state index is -0.304. The summed E-state index contributed by atoms with van der Waals surface area (Å²) < 4.78 is 9.95. The van der Waals surface area contributed by atoms with Gasteiger partial charge in [-0.2, -0.15) is 0 Å². The fourth-order valence-corrected chi connectivity index (χ4v) is 1.41. The lowest BCUT2D eigenvalue weighted by atomic mass is 10.0. The summed E-state index contributed by atoms with van der Waals surface area (Å²) >= 11 is 0. The minimum absolute atomic E-state index is 0.0631. The standard InChI is InChI=1S/C10H14O4/c1-7(11)13-9-3-5-10(6-4-9)14-8(2)12/h3,10H,4-6H2,1-2H3. The molecular formula is C10H14O4. The monoisotopic (exact) mass is 198 g/mol. The molecule has 1 aliphatic rings. The van der Waals surface area contributed by atoms with Gasteiger partial charge in [-0.1, -0.05) is 0 Å². The van der Waals surface area contributed by atoms with E-state index < -0.39 is 0 Å². The van der Waals surface area contributed by atoms with Gasteiger partial charge in [0.05, 0.1) is 0 Å². The molecule has 0 aliphatic heterocycles. The maximum absolute atomic E-state index is 10.6. The Kier molecular flexibility index (Phi) is 3.68. The van der Waals surface area contributed by atoms with E-state index in [1.807, 2.05) is 0 Å². The van der Waals surface area contributed by atoms with Gasteiger partial charge in [0.2, 0.25) is 0 Å². The molecule has 0 N–H and O–H groups in total. The number of ether oxygens (including phenoxy) is 2. The van der Waals surface area contributed by atoms with E-state index >= 15 is 0 Å². The maximum atomic E-state index is 10.6. The van der Waals surface area contributed by atoms with Gasteiger partial charge in [-0.3, -0.25) is 9.59 Å². The lowest BCUT2D eigenvalue weighted by molar-refractivity contribution is -0.147. The Hall–Kier alpha value is -1.32. The molecule has 1 rings (SSSR count). The predicted octanol–water partition coefficient (Wildman–Crippen LogP) is 1.55. The minimum Gasteiger partial charge on any atom is -0.462 e. The Morgan fingerprint density at radius 2 is 2.07 bits per heavy atom. The van der Waals surface area contributed by atoms with Gasteiger partial charge in [0, 0.05) is 26.7 Å². The quantitative estimate of drug-likeness (QED) is 0.632. The van der Waals surface area contributed by atoms with Crippen molar-refractivity contribution in [3.8, 4) is 0 Å². The molecule has 0 heterocycles. The van der Waals surface area contributed by atoms with E-state index in [1.165, 1.54) is 13.8 Å². The number of carbonyl (C=O) groups is 2. The first kappa shape index (κ1) is 10.8. The van der Waals surface area contributed by atoms with Crippen LogP contribution in [0.5, 0.6) is 0 Å². The van der Waals surface area contributed by atoms with Gasteiger partial charge in [0.25, 0.3) is 0 Å². The van der Waals surface area contributed by atoms with Crippen molar-refractivity contribution >= 4 is 11.9 Å². The van der Waals surface area contributed by atoms with Crippen molar-refractivity contribution in [2.45, 2.75) is 39.2 Å². The van der Waals surface area contributed by atoms with E-state index in [0.717, 1.165) is 6.42 Å². The number of hydrogen-bond donors (Lipinski definition) is 0. The van der Waals surface area contributed by atoms with Crippen LogP contribution in [-0.2, 0) is 19.1 Å². The number of allylic oxidation sites excluding steroid dienone is 1. The largest absolute Gasteiger partial charge is 0.462 e. The molecule has 0 spiro atoms. The van der Waals surface area contributed by atoms with Crippen LogP contribution in [0.2, 0.25) is 0 Å². The highest BCUT2D eigenvalue weighted by atomic mass is 16.5. The first-order chi connectivity index (χ1) is 6.58. The summed E-state index contributed by atoms with van der Waals surface area (Å²) in [6.45, 7) is 2.77. The van der Waals surface area contributed by atoms with E-state index in [1.54, 1.807) is 6.08 Å². The number of carbonyl (C=O) groups excluding carboxylic acids is 2. The van der Waals surface area contributed by atoms with Crippen molar-refractivity contribution in [3.63, 3.8) is 0 Å². The molecule has 0 bridgehead atoms. The van der Waals surface area contributed by atoms with Gasteiger partial charge in [-0.05, 0) is 12.5 Å². The van der Waals surface area contributed by atoms with E-state index in [4.69, 9.17) is 9.47 Å². The molecule has 0 aromatic carbocycles. The average Bonchev–Trinajstić information content (AvgIpc) is 2.06. The highest BCUT2D eigenvalue weighted by Crippen LogP contribution is 2.21. The molecule has 78 valence electrons. The van der Waals surface area contributed by atoms with E-state index in [2.05, 4.69) is 0 Å². The second kappa shape index (κ2) is 4.79. The van der Waals surface area contributed by atoms with Crippen LogP contribution in [0.4, 0.5) is 0 Å². The van der Waals surface area contributed by atoms with Crippen molar-refractivity contribution in [1.29, 1.82) is 0 Å². The first-order valence-corrected chi connectivity index (χ1v) is 4.62. The molecule has 1 unspecified atom stereocenters. The Labute approximate surface area is 82.9 Å². The molecule has 0 saturated carbocycles. The van der Waals surface area contributed by atoms with E-state index in [0.29, 0.717) is 18.6 Å². The zero-order valence-corrected chi connectivity index (χ0v) is 8.41. The number of hydrogen-bond acceptors (Lipinski definition) is 4. The van der Waals surface area contributed by atoms with Gasteiger partial charge in [-0.15, -0.1) is 0 Å². The summed E-state index contributed by atoms with van der Waals surface area (Å²) in [7, 11) is 0. The van der Waals surface area contributed by atoms with Crippen LogP contribution in [0, 0.1) is 0 Å². The second-order valence-corrected chi connectivity index (χ2v) is 3.27. The first-order valence-electron chi connectivity index (χ1n) is 4.62. The number of esters is 2. The smallest absolute Gasteiger partial charge is 0.307 e. The van der Waals surface area contributed by atoms with Gasteiger partial charge in [-0.25, -0.2) is 0 Å². The Morgan fingerprint density at radius 1 is 1.36 bits per heavy atom. The fourth-order valence-electron chi connectivity index (χ4n) is 1.41. The van der Waals surface area contributed by atoms with Crippen molar-refractivity contribution in [3.05, 3.63) is 11.8 Å². The predicted molar refractivity (Wildman–Crippen MR) is 49.3 cm³/mol. The molecule has 0 aromatic heterocycles. The van der Waals surface area contributed by atoms with E-state index in [9.17, 15) is 9.59 Å². The zero-order chi connectivity index (χ0) is 10.6. The molecule has 0 aromatic rings. The lowest BCUT2D eigenvalue weighted by Gasteiger charge is -2.20. The van der Waals surface area contributed by atoms with Crippen LogP contribution >= 0.6 is 0 Å². The molecule has 0 saturated heterocycles. The molecule has 0 fully saturated rings. The lowest BCUT2D eigenvalue weighted by Crippen LogP contribution is -2.19. The van der Waals surface area contributed by atoms with Crippen molar-refractivity contribution in [1.82, 2.24) is 0 Å². The molecule has 4 nitrogen and oxygen atoms in total. The van der Waals surface area contributed by atoms with Crippen molar-refractivity contribution in [2.75, 3.05) is 0 Å². The highest BCUT2D eigenvalue weighted by molar-refractivity contribution is 5.67. The van der Waals surface area contributed by atoms with Gasteiger partial charge >= 0.3 is 11.9 Å². The van der Waals surface area contributed by atoms with Crippen LogP contribution in [0.15, 0.2) is 11.8 Å². The second-order valence-electron chi connectivity index (χ2n) is 3.27. The van der Waals surface area contributed by atoms with E-state index in [-0.39, 0.29) is 18.0 Å². The Balaban J connectivity index is 2.39. The molecule has 0 amide bonds. The third kappa shape index (κ3) is 3.60. The molecule has 1 atom stereocenters. The highest BCUT2D eigenvalue weighted by Gasteiger charge is 2.18. The van der Waals surface area contributed by atoms with Crippen LogP contribution in [-0.4, -0.2) is 18.0 Å². The van der Waals surface area contributed by atoms with Crippen LogP contribution < -0.4 is 0 Å². The van der Waals surface area contributed by atoms with Gasteiger partial charge in [0.1, 0.15) is 11.9 Å². The molecule has 14 heavy (non-hydrogen) atoms.